The first-order valence-electron chi connectivity index (χ1n) is 7.93. The number of nitrogens with zero attached hydrogens (tertiary/aromatic N) is 2. The van der Waals surface area contributed by atoms with Crippen molar-refractivity contribution in [1.29, 1.82) is 0 Å². The first-order chi connectivity index (χ1) is 12.3. The number of benzene rings is 1. The fraction of sp³-hybridized carbons (Fsp3) is 0.278. The molecule has 0 radical (unpaired) electrons. The molecule has 2 aromatic rings. The zero-order chi connectivity index (χ0) is 18.8. The summed E-state index contributed by atoms with van der Waals surface area (Å²) in [7, 11) is 0. The Balaban J connectivity index is 1.82. The van der Waals surface area contributed by atoms with Crippen LogP contribution in [0.25, 0.3) is 10.9 Å². The number of aliphatic carboxylic acids is 1. The standard InChI is InChI=1S/C18H17ClN2O5/c1-10(2)25-18(24)21-9-12(8-15(21)17(22)23)26-16-5-6-20-14-7-11(19)3-4-13(14)16/h3-7,12,15H,1,8-9H2,2H3,(H,22,23)/t12-,15+/m1/s1. The summed E-state index contributed by atoms with van der Waals surface area (Å²) in [6, 6.07) is 5.91. The van der Waals surface area contributed by atoms with Crippen LogP contribution in [0.15, 0.2) is 42.8 Å². The van der Waals surface area contributed by atoms with E-state index in [2.05, 4.69) is 11.6 Å². The lowest BCUT2D eigenvalue weighted by Crippen LogP contribution is -2.40. The Morgan fingerprint density at radius 3 is 2.85 bits per heavy atom. The minimum atomic E-state index is -1.11. The van der Waals surface area contributed by atoms with Crippen LogP contribution >= 0.6 is 11.6 Å². The topological polar surface area (TPSA) is 89.0 Å². The summed E-state index contributed by atoms with van der Waals surface area (Å²) < 4.78 is 10.9. The monoisotopic (exact) mass is 376 g/mol. The average molecular weight is 377 g/mol. The highest BCUT2D eigenvalue weighted by Gasteiger charge is 2.42. The molecule has 136 valence electrons. The van der Waals surface area contributed by atoms with Gasteiger partial charge >= 0.3 is 12.1 Å². The molecule has 26 heavy (non-hydrogen) atoms. The number of hydrogen-bond acceptors (Lipinski definition) is 5. The molecule has 2 atom stereocenters. The summed E-state index contributed by atoms with van der Waals surface area (Å²) in [5.41, 5.74) is 0.668. The van der Waals surface area contributed by atoms with E-state index in [0.717, 1.165) is 10.3 Å². The number of rotatable bonds is 4. The fourth-order valence-electron chi connectivity index (χ4n) is 2.90. The maximum atomic E-state index is 12.1. The predicted octanol–water partition coefficient (Wildman–Crippen LogP) is 3.46. The van der Waals surface area contributed by atoms with Crippen LogP contribution in [0.5, 0.6) is 5.75 Å². The van der Waals surface area contributed by atoms with Gasteiger partial charge in [-0.25, -0.2) is 9.59 Å². The molecule has 1 fully saturated rings. The van der Waals surface area contributed by atoms with Crippen molar-refractivity contribution >= 4 is 34.6 Å². The number of ether oxygens (including phenoxy) is 2. The van der Waals surface area contributed by atoms with E-state index < -0.39 is 24.2 Å². The van der Waals surface area contributed by atoms with E-state index in [4.69, 9.17) is 21.1 Å². The number of allylic oxidation sites excluding steroid dienone is 1. The number of amides is 1. The van der Waals surface area contributed by atoms with Gasteiger partial charge in [0.25, 0.3) is 0 Å². The molecule has 8 heteroatoms. The van der Waals surface area contributed by atoms with Gasteiger partial charge in [0.15, 0.2) is 0 Å². The zero-order valence-electron chi connectivity index (χ0n) is 14.0. The largest absolute Gasteiger partial charge is 0.488 e. The Bertz CT molecular complexity index is 885. The molecule has 0 spiro atoms. The SMILES string of the molecule is C=C(C)OC(=O)N1C[C@H](Oc2ccnc3cc(Cl)ccc23)C[C@H]1C(=O)O. The lowest BCUT2D eigenvalue weighted by atomic mass is 10.2. The summed E-state index contributed by atoms with van der Waals surface area (Å²) >= 11 is 5.98. The second-order valence-corrected chi connectivity index (χ2v) is 6.46. The number of pyridine rings is 1. The molecule has 1 aromatic carbocycles. The molecule has 1 saturated heterocycles. The summed E-state index contributed by atoms with van der Waals surface area (Å²) in [6.07, 6.45) is 0.500. The van der Waals surface area contributed by atoms with Crippen molar-refractivity contribution in [2.24, 2.45) is 0 Å². The Morgan fingerprint density at radius 1 is 1.38 bits per heavy atom. The van der Waals surface area contributed by atoms with Gasteiger partial charge in [0.1, 0.15) is 17.9 Å². The number of carboxylic acids is 1. The molecule has 1 N–H and O–H groups in total. The third-order valence-corrected chi connectivity index (χ3v) is 4.24. The molecule has 1 aromatic heterocycles. The molecule has 7 nitrogen and oxygen atoms in total. The van der Waals surface area contributed by atoms with Gasteiger partial charge in [-0.05, 0) is 31.2 Å². The van der Waals surface area contributed by atoms with Gasteiger partial charge in [-0.2, -0.15) is 0 Å². The maximum Gasteiger partial charge on any atom is 0.415 e. The molecule has 0 aliphatic carbocycles. The normalized spacial score (nSPS) is 19.4. The number of carbonyl (C=O) groups is 2. The van der Waals surface area contributed by atoms with Crippen LogP contribution < -0.4 is 4.74 Å². The highest BCUT2D eigenvalue weighted by Crippen LogP contribution is 2.30. The average Bonchev–Trinajstić information content (AvgIpc) is 2.98. The number of hydrogen-bond donors (Lipinski definition) is 1. The van der Waals surface area contributed by atoms with Crippen molar-refractivity contribution in [3.05, 3.63) is 47.8 Å². The van der Waals surface area contributed by atoms with Crippen LogP contribution in [-0.2, 0) is 9.53 Å². The summed E-state index contributed by atoms with van der Waals surface area (Å²) in [6.45, 7) is 5.12. The smallest absolute Gasteiger partial charge is 0.415 e. The number of halogens is 1. The number of fused-ring (bicyclic) bond motifs is 1. The minimum Gasteiger partial charge on any atom is -0.488 e. The number of aromatic nitrogens is 1. The van der Waals surface area contributed by atoms with Gasteiger partial charge in [0.2, 0.25) is 0 Å². The van der Waals surface area contributed by atoms with E-state index in [0.29, 0.717) is 16.3 Å². The van der Waals surface area contributed by atoms with Crippen LogP contribution in [0, 0.1) is 0 Å². The van der Waals surface area contributed by atoms with Crippen LogP contribution in [0.1, 0.15) is 13.3 Å². The van der Waals surface area contributed by atoms with Crippen LogP contribution in [0.4, 0.5) is 4.79 Å². The van der Waals surface area contributed by atoms with Crippen molar-refractivity contribution in [2.75, 3.05) is 6.54 Å². The highest BCUT2D eigenvalue weighted by molar-refractivity contribution is 6.31. The Labute approximate surface area is 154 Å². The lowest BCUT2D eigenvalue weighted by molar-refractivity contribution is -0.141. The molecule has 1 amide bonds. The van der Waals surface area contributed by atoms with Gasteiger partial charge < -0.3 is 14.6 Å². The molecular weight excluding hydrogens is 360 g/mol. The van der Waals surface area contributed by atoms with Gasteiger partial charge in [-0.1, -0.05) is 18.2 Å². The number of carbonyl (C=O) groups excluding carboxylic acids is 1. The van der Waals surface area contributed by atoms with Gasteiger partial charge in [0, 0.05) is 23.0 Å². The van der Waals surface area contributed by atoms with Crippen molar-refractivity contribution < 1.29 is 24.2 Å². The zero-order valence-corrected chi connectivity index (χ0v) is 14.8. The lowest BCUT2D eigenvalue weighted by Gasteiger charge is -2.20. The van der Waals surface area contributed by atoms with Crippen molar-refractivity contribution in [2.45, 2.75) is 25.5 Å². The molecule has 0 saturated carbocycles. The molecule has 3 rings (SSSR count). The predicted molar refractivity (Wildman–Crippen MR) is 95.2 cm³/mol. The first kappa shape index (κ1) is 18.0. The van der Waals surface area contributed by atoms with E-state index in [-0.39, 0.29) is 18.7 Å². The van der Waals surface area contributed by atoms with E-state index >= 15 is 0 Å². The Hall–Kier alpha value is -2.80. The van der Waals surface area contributed by atoms with E-state index in [9.17, 15) is 14.7 Å². The van der Waals surface area contributed by atoms with Gasteiger partial charge in [0.05, 0.1) is 17.8 Å². The van der Waals surface area contributed by atoms with Crippen molar-refractivity contribution in [3.63, 3.8) is 0 Å². The summed E-state index contributed by atoms with van der Waals surface area (Å²) in [5, 5.41) is 10.7. The first-order valence-corrected chi connectivity index (χ1v) is 8.30. The van der Waals surface area contributed by atoms with Crippen molar-refractivity contribution in [1.82, 2.24) is 9.88 Å². The van der Waals surface area contributed by atoms with E-state index in [1.54, 1.807) is 30.5 Å². The fourth-order valence-corrected chi connectivity index (χ4v) is 3.07. The number of carboxylic acid groups (broad SMARTS) is 1. The van der Waals surface area contributed by atoms with Crippen LogP contribution in [0.2, 0.25) is 5.02 Å². The highest BCUT2D eigenvalue weighted by atomic mass is 35.5. The van der Waals surface area contributed by atoms with E-state index in [1.807, 2.05) is 0 Å². The Kier molecular flexibility index (Phi) is 4.99. The third kappa shape index (κ3) is 3.72. The van der Waals surface area contributed by atoms with E-state index in [1.165, 1.54) is 6.92 Å². The van der Waals surface area contributed by atoms with Crippen molar-refractivity contribution in [3.8, 4) is 5.75 Å². The quantitative estimate of drug-likeness (QED) is 0.822. The molecule has 0 bridgehead atoms. The Morgan fingerprint density at radius 2 is 2.15 bits per heavy atom. The molecule has 0 unspecified atom stereocenters. The van der Waals surface area contributed by atoms with Gasteiger partial charge in [-0.15, -0.1) is 0 Å². The maximum absolute atomic E-state index is 12.1. The second-order valence-electron chi connectivity index (χ2n) is 6.02. The molecular formula is C18H17ClN2O5. The van der Waals surface area contributed by atoms with Crippen LogP contribution in [-0.4, -0.2) is 45.7 Å². The third-order valence-electron chi connectivity index (χ3n) is 4.00. The second kappa shape index (κ2) is 7.21. The minimum absolute atomic E-state index is 0.0977. The van der Waals surface area contributed by atoms with Gasteiger partial charge in [-0.3, -0.25) is 9.88 Å². The molecule has 2 heterocycles. The number of likely N-dealkylation sites (tertiary alicyclic amines) is 1. The van der Waals surface area contributed by atoms with Crippen LogP contribution in [0.3, 0.4) is 0 Å². The molecule has 1 aliphatic heterocycles. The molecule has 1 aliphatic rings. The summed E-state index contributed by atoms with van der Waals surface area (Å²) in [4.78, 5) is 29.0. The summed E-state index contributed by atoms with van der Waals surface area (Å²) in [5.74, 6) is -0.363.